The Morgan fingerprint density at radius 3 is 2.50 bits per heavy atom. The highest BCUT2D eigenvalue weighted by Crippen LogP contribution is 2.18. The summed E-state index contributed by atoms with van der Waals surface area (Å²) in [5, 5.41) is 6.61. The molecule has 0 bridgehead atoms. The van der Waals surface area contributed by atoms with E-state index in [1.54, 1.807) is 24.0 Å². The number of carbonyl (C=O) groups excluding carboxylic acids is 2. The predicted molar refractivity (Wildman–Crippen MR) is 115 cm³/mol. The van der Waals surface area contributed by atoms with Crippen molar-refractivity contribution in [2.75, 3.05) is 36.4 Å². The summed E-state index contributed by atoms with van der Waals surface area (Å²) >= 11 is 0. The SMILES string of the molecule is C[C@@H](NC(=O)N1CCN(c2ccc(F)cc2)CC1)C(=O)Nc1ccc2[nH]ccc2c1. The molecule has 3 N–H and O–H groups in total. The fraction of sp³-hybridized carbons (Fsp3) is 0.273. The second kappa shape index (κ2) is 8.44. The van der Waals surface area contributed by atoms with Crippen LogP contribution in [0.1, 0.15) is 6.92 Å². The van der Waals surface area contributed by atoms with E-state index in [9.17, 15) is 14.0 Å². The molecule has 1 aliphatic heterocycles. The molecule has 1 aliphatic rings. The van der Waals surface area contributed by atoms with Gasteiger partial charge in [0.2, 0.25) is 5.91 Å². The standard InChI is InChI=1S/C22H24FN5O2/c1-15(21(29)26-18-4-7-20-16(14-18)8-9-24-20)25-22(30)28-12-10-27(11-13-28)19-5-2-17(23)3-6-19/h2-9,14-15,24H,10-13H2,1H3,(H,25,30)(H,26,29)/t15-/m1/s1. The van der Waals surface area contributed by atoms with Crippen LogP contribution in [-0.4, -0.2) is 54.0 Å². The number of rotatable bonds is 4. The molecule has 3 amide bonds. The summed E-state index contributed by atoms with van der Waals surface area (Å²) in [7, 11) is 0. The van der Waals surface area contributed by atoms with Crippen LogP contribution in [0.3, 0.4) is 0 Å². The number of carbonyl (C=O) groups is 2. The van der Waals surface area contributed by atoms with Crippen molar-refractivity contribution >= 4 is 34.2 Å². The normalized spacial score (nSPS) is 15.1. The molecule has 156 valence electrons. The molecule has 0 saturated carbocycles. The van der Waals surface area contributed by atoms with Gasteiger partial charge in [-0.1, -0.05) is 0 Å². The van der Waals surface area contributed by atoms with Gasteiger partial charge < -0.3 is 25.4 Å². The third-order valence-corrected chi connectivity index (χ3v) is 5.31. The monoisotopic (exact) mass is 409 g/mol. The van der Waals surface area contributed by atoms with E-state index in [4.69, 9.17) is 0 Å². The van der Waals surface area contributed by atoms with Crippen LogP contribution in [0.15, 0.2) is 54.7 Å². The van der Waals surface area contributed by atoms with Crippen molar-refractivity contribution in [1.29, 1.82) is 0 Å². The molecule has 0 unspecified atom stereocenters. The molecule has 1 aromatic heterocycles. The first kappa shape index (κ1) is 19.8. The number of urea groups is 1. The Morgan fingerprint density at radius 1 is 1.03 bits per heavy atom. The largest absolute Gasteiger partial charge is 0.368 e. The van der Waals surface area contributed by atoms with Crippen LogP contribution in [0.4, 0.5) is 20.6 Å². The molecule has 7 nitrogen and oxygen atoms in total. The first-order valence-corrected chi connectivity index (χ1v) is 9.93. The molecule has 8 heteroatoms. The molecule has 30 heavy (non-hydrogen) atoms. The van der Waals surface area contributed by atoms with Crippen LogP contribution >= 0.6 is 0 Å². The van der Waals surface area contributed by atoms with Crippen LogP contribution in [0.2, 0.25) is 0 Å². The summed E-state index contributed by atoms with van der Waals surface area (Å²) in [5.74, 6) is -0.541. The Kier molecular flexibility index (Phi) is 5.56. The van der Waals surface area contributed by atoms with Crippen molar-refractivity contribution in [2.45, 2.75) is 13.0 Å². The molecule has 2 aromatic carbocycles. The molecule has 0 aliphatic carbocycles. The zero-order valence-electron chi connectivity index (χ0n) is 16.7. The topological polar surface area (TPSA) is 80.5 Å². The summed E-state index contributed by atoms with van der Waals surface area (Å²) < 4.78 is 13.1. The van der Waals surface area contributed by atoms with Gasteiger partial charge in [-0.3, -0.25) is 4.79 Å². The summed E-state index contributed by atoms with van der Waals surface area (Å²) in [6.07, 6.45) is 1.84. The molecule has 4 rings (SSSR count). The number of hydrogen-bond acceptors (Lipinski definition) is 3. The van der Waals surface area contributed by atoms with Crippen molar-refractivity contribution in [3.8, 4) is 0 Å². The minimum Gasteiger partial charge on any atom is -0.368 e. The molecular weight excluding hydrogens is 385 g/mol. The van der Waals surface area contributed by atoms with E-state index in [1.807, 2.05) is 30.5 Å². The summed E-state index contributed by atoms with van der Waals surface area (Å²) in [4.78, 5) is 31.9. The van der Waals surface area contributed by atoms with Crippen LogP contribution in [0.5, 0.6) is 0 Å². The van der Waals surface area contributed by atoms with Crippen molar-refractivity contribution in [3.05, 3.63) is 60.5 Å². The fourth-order valence-electron chi connectivity index (χ4n) is 3.54. The van der Waals surface area contributed by atoms with E-state index in [0.29, 0.717) is 31.9 Å². The van der Waals surface area contributed by atoms with Crippen LogP contribution in [0.25, 0.3) is 10.9 Å². The summed E-state index contributed by atoms with van der Waals surface area (Å²) in [5.41, 5.74) is 2.61. The number of aromatic nitrogens is 1. The molecule has 2 heterocycles. The number of amides is 3. The number of H-pyrrole nitrogens is 1. The van der Waals surface area contributed by atoms with Crippen molar-refractivity contribution in [2.24, 2.45) is 0 Å². The van der Waals surface area contributed by atoms with E-state index in [-0.39, 0.29) is 17.8 Å². The molecule has 1 atom stereocenters. The van der Waals surface area contributed by atoms with E-state index in [2.05, 4.69) is 20.5 Å². The van der Waals surface area contributed by atoms with Gasteiger partial charge in [0.1, 0.15) is 11.9 Å². The van der Waals surface area contributed by atoms with E-state index < -0.39 is 6.04 Å². The number of fused-ring (bicyclic) bond motifs is 1. The van der Waals surface area contributed by atoms with Gasteiger partial charge in [0.15, 0.2) is 0 Å². The minimum atomic E-state index is -0.672. The van der Waals surface area contributed by atoms with E-state index in [1.165, 1.54) is 12.1 Å². The molecular formula is C22H24FN5O2. The Hall–Kier alpha value is -3.55. The summed E-state index contributed by atoms with van der Waals surface area (Å²) in [6.45, 7) is 4.02. The molecule has 3 aromatic rings. The van der Waals surface area contributed by atoms with Crippen LogP contribution in [-0.2, 0) is 4.79 Å². The van der Waals surface area contributed by atoms with E-state index >= 15 is 0 Å². The lowest BCUT2D eigenvalue weighted by Crippen LogP contribution is -2.54. The maximum atomic E-state index is 13.1. The first-order valence-electron chi connectivity index (χ1n) is 9.93. The third-order valence-electron chi connectivity index (χ3n) is 5.31. The molecule has 0 radical (unpaired) electrons. The Bertz CT molecular complexity index is 1040. The zero-order valence-corrected chi connectivity index (χ0v) is 16.7. The number of aromatic amines is 1. The van der Waals surface area contributed by atoms with Crippen LogP contribution in [0, 0.1) is 5.82 Å². The lowest BCUT2D eigenvalue weighted by Gasteiger charge is -2.36. The number of hydrogen-bond donors (Lipinski definition) is 3. The third kappa shape index (κ3) is 4.37. The smallest absolute Gasteiger partial charge is 0.318 e. The van der Waals surface area contributed by atoms with Crippen molar-refractivity contribution in [1.82, 2.24) is 15.2 Å². The van der Waals surface area contributed by atoms with Gasteiger partial charge in [-0.25, -0.2) is 9.18 Å². The lowest BCUT2D eigenvalue weighted by molar-refractivity contribution is -0.117. The number of anilines is 2. The van der Waals surface area contributed by atoms with Gasteiger partial charge in [0.05, 0.1) is 0 Å². The number of piperazine rings is 1. The predicted octanol–water partition coefficient (Wildman–Crippen LogP) is 3.17. The average molecular weight is 409 g/mol. The van der Waals surface area contributed by atoms with Crippen molar-refractivity contribution < 1.29 is 14.0 Å². The Morgan fingerprint density at radius 2 is 1.77 bits per heavy atom. The maximum absolute atomic E-state index is 13.1. The first-order chi connectivity index (χ1) is 14.5. The fourth-order valence-corrected chi connectivity index (χ4v) is 3.54. The zero-order chi connectivity index (χ0) is 21.1. The summed E-state index contributed by atoms with van der Waals surface area (Å²) in [6, 6.07) is 12.9. The van der Waals surface area contributed by atoms with E-state index in [0.717, 1.165) is 16.6 Å². The van der Waals surface area contributed by atoms with Crippen molar-refractivity contribution in [3.63, 3.8) is 0 Å². The average Bonchev–Trinajstić information content (AvgIpc) is 3.22. The Labute approximate surface area is 173 Å². The lowest BCUT2D eigenvalue weighted by atomic mass is 10.2. The number of nitrogens with one attached hydrogen (secondary N) is 3. The molecule has 1 fully saturated rings. The maximum Gasteiger partial charge on any atom is 0.318 e. The molecule has 0 spiro atoms. The highest BCUT2D eigenvalue weighted by molar-refractivity contribution is 5.98. The minimum absolute atomic E-state index is 0.266. The quantitative estimate of drug-likeness (QED) is 0.619. The van der Waals surface area contributed by atoms with Gasteiger partial charge in [-0.05, 0) is 55.5 Å². The number of nitrogens with zero attached hydrogens (tertiary/aromatic N) is 2. The van der Waals surface area contributed by atoms with Gasteiger partial charge >= 0.3 is 6.03 Å². The second-order valence-electron chi connectivity index (χ2n) is 7.39. The van der Waals surface area contributed by atoms with Gasteiger partial charge in [0.25, 0.3) is 0 Å². The van der Waals surface area contributed by atoms with Crippen LogP contribution < -0.4 is 15.5 Å². The highest BCUT2D eigenvalue weighted by atomic mass is 19.1. The molecule has 1 saturated heterocycles. The number of benzene rings is 2. The number of halogens is 1. The Balaban J connectivity index is 1.27. The van der Waals surface area contributed by atoms with Gasteiger partial charge in [0, 0.05) is 54.7 Å². The highest BCUT2D eigenvalue weighted by Gasteiger charge is 2.24. The van der Waals surface area contributed by atoms with Gasteiger partial charge in [-0.2, -0.15) is 0 Å². The second-order valence-corrected chi connectivity index (χ2v) is 7.39. The van der Waals surface area contributed by atoms with Gasteiger partial charge in [-0.15, -0.1) is 0 Å².